The summed E-state index contributed by atoms with van der Waals surface area (Å²) in [4.78, 5) is 36.6. The van der Waals surface area contributed by atoms with Gasteiger partial charge in [-0.05, 0) is 119 Å². The molecule has 0 spiro atoms. The average molecular weight is 666 g/mol. The van der Waals surface area contributed by atoms with Crippen molar-refractivity contribution >= 4 is 64.9 Å². The van der Waals surface area contributed by atoms with Crippen molar-refractivity contribution in [3.63, 3.8) is 0 Å². The zero-order valence-corrected chi connectivity index (χ0v) is 28.2. The van der Waals surface area contributed by atoms with Crippen molar-refractivity contribution in [2.45, 2.75) is 89.8 Å². The Labute approximate surface area is 275 Å². The lowest BCUT2D eigenvalue weighted by molar-refractivity contribution is -0.186. The lowest BCUT2D eigenvalue weighted by atomic mass is 9.36. The van der Waals surface area contributed by atoms with Gasteiger partial charge in [0, 0.05) is 44.3 Å². The number of anilines is 2. The van der Waals surface area contributed by atoms with E-state index < -0.39 is 5.60 Å². The highest BCUT2D eigenvalue weighted by Gasteiger charge is 2.71. The molecule has 8 rings (SSSR count). The fourth-order valence-corrected chi connectivity index (χ4v) is 7.76. The van der Waals surface area contributed by atoms with Gasteiger partial charge in [0.25, 0.3) is 0 Å². The van der Waals surface area contributed by atoms with Crippen molar-refractivity contribution in [3.8, 4) is 0 Å². The number of amides is 3. The van der Waals surface area contributed by atoms with Gasteiger partial charge in [-0.1, -0.05) is 37.0 Å². The first kappa shape index (κ1) is 34.4. The number of carbonyl (C=O) groups is 3. The summed E-state index contributed by atoms with van der Waals surface area (Å²) < 4.78 is 5.32. The SMILES string of the molecule is CC(C(=O)Nc1ccc(Cl)cc1)C12CC(N)(C1)C2.CC(C(=O)Nc1ccc(Cl)cc1)C12CC(NC(=O)OC(C)(C)C)(C1)C2.Cl. The Bertz CT molecular complexity index is 1370. The van der Waals surface area contributed by atoms with Crippen LogP contribution in [-0.2, 0) is 14.3 Å². The van der Waals surface area contributed by atoms with Gasteiger partial charge >= 0.3 is 6.09 Å². The first-order chi connectivity index (χ1) is 20.0. The molecule has 11 heteroatoms. The molecule has 0 aromatic heterocycles. The summed E-state index contributed by atoms with van der Waals surface area (Å²) in [7, 11) is 0. The van der Waals surface area contributed by atoms with Crippen molar-refractivity contribution in [1.29, 1.82) is 0 Å². The highest BCUT2D eigenvalue weighted by molar-refractivity contribution is 6.31. The number of benzene rings is 2. The van der Waals surface area contributed by atoms with Crippen molar-refractivity contribution in [2.75, 3.05) is 10.6 Å². The monoisotopic (exact) mass is 664 g/mol. The molecule has 0 aliphatic heterocycles. The summed E-state index contributed by atoms with van der Waals surface area (Å²) in [6, 6.07) is 14.3. The number of nitrogens with two attached hydrogens (primary N) is 1. The van der Waals surface area contributed by atoms with Crippen molar-refractivity contribution in [2.24, 2.45) is 28.4 Å². The smallest absolute Gasteiger partial charge is 0.408 e. The largest absolute Gasteiger partial charge is 0.444 e. The Balaban J connectivity index is 0.000000206. The first-order valence-electron chi connectivity index (χ1n) is 14.9. The Morgan fingerprint density at radius 2 is 1.11 bits per heavy atom. The van der Waals surface area contributed by atoms with Gasteiger partial charge in [0.1, 0.15) is 5.60 Å². The van der Waals surface area contributed by atoms with E-state index in [4.69, 9.17) is 33.7 Å². The molecule has 6 fully saturated rings. The summed E-state index contributed by atoms with van der Waals surface area (Å²) in [5, 5.41) is 10.2. The molecule has 3 amide bonds. The molecular formula is C33H43Cl3N4O4. The number of ether oxygens (including phenoxy) is 1. The summed E-state index contributed by atoms with van der Waals surface area (Å²) >= 11 is 11.7. The summed E-state index contributed by atoms with van der Waals surface area (Å²) in [6.45, 7) is 9.50. The normalized spacial score (nSPS) is 30.0. The van der Waals surface area contributed by atoms with Crippen LogP contribution in [0.4, 0.5) is 16.2 Å². The van der Waals surface area contributed by atoms with Gasteiger partial charge in [0.05, 0.1) is 0 Å². The van der Waals surface area contributed by atoms with E-state index >= 15 is 0 Å². The van der Waals surface area contributed by atoms with Crippen LogP contribution >= 0.6 is 35.6 Å². The van der Waals surface area contributed by atoms with Crippen LogP contribution in [0.25, 0.3) is 0 Å². The first-order valence-corrected chi connectivity index (χ1v) is 15.6. The van der Waals surface area contributed by atoms with Crippen LogP contribution in [0, 0.1) is 22.7 Å². The van der Waals surface area contributed by atoms with Crippen molar-refractivity contribution in [3.05, 3.63) is 58.6 Å². The third-order valence-corrected chi connectivity index (χ3v) is 10.3. The summed E-state index contributed by atoms with van der Waals surface area (Å²) in [5.74, 6) is 0.0102. The van der Waals surface area contributed by atoms with Gasteiger partial charge in [0.15, 0.2) is 0 Å². The molecule has 0 saturated heterocycles. The molecule has 44 heavy (non-hydrogen) atoms. The number of nitrogens with one attached hydrogen (secondary N) is 3. The van der Waals surface area contributed by atoms with Gasteiger partial charge in [-0.3, -0.25) is 9.59 Å². The summed E-state index contributed by atoms with van der Waals surface area (Å²) in [6.07, 6.45) is 5.09. The molecule has 6 aliphatic rings. The molecule has 240 valence electrons. The fraction of sp³-hybridized carbons (Fsp3) is 0.545. The lowest BCUT2D eigenvalue weighted by Crippen LogP contribution is -2.77. The van der Waals surface area contributed by atoms with Gasteiger partial charge in [0.2, 0.25) is 11.8 Å². The van der Waals surface area contributed by atoms with E-state index in [1.807, 2.05) is 46.8 Å². The molecule has 8 nitrogen and oxygen atoms in total. The number of hydrogen-bond donors (Lipinski definition) is 4. The Morgan fingerprint density at radius 3 is 1.45 bits per heavy atom. The Kier molecular flexibility index (Phi) is 9.38. The van der Waals surface area contributed by atoms with Crippen LogP contribution in [0.1, 0.15) is 73.1 Å². The number of halogens is 3. The highest BCUT2D eigenvalue weighted by atomic mass is 35.5. The molecule has 0 heterocycles. The van der Waals surface area contributed by atoms with E-state index in [1.54, 1.807) is 36.4 Å². The number of rotatable bonds is 7. The van der Waals surface area contributed by atoms with E-state index in [9.17, 15) is 14.4 Å². The third-order valence-electron chi connectivity index (χ3n) is 9.80. The van der Waals surface area contributed by atoms with E-state index in [0.717, 1.165) is 49.9 Å². The van der Waals surface area contributed by atoms with Crippen LogP contribution in [0.15, 0.2) is 48.5 Å². The second-order valence-electron chi connectivity index (χ2n) is 14.5. The number of hydrogen-bond acceptors (Lipinski definition) is 5. The fourth-order valence-electron chi connectivity index (χ4n) is 7.51. The summed E-state index contributed by atoms with van der Waals surface area (Å²) in [5.41, 5.74) is 7.10. The van der Waals surface area contributed by atoms with Gasteiger partial charge in [-0.2, -0.15) is 0 Å². The standard InChI is InChI=1S/C19H25ClN2O3.C14H17ClN2O.ClH/c1-12(15(23)21-14-7-5-13(20)6-8-14)18-9-19(10-18,11-18)22-16(24)25-17(2,3)4;1-9(13-6-14(16,7-13)8-13)12(18)17-11-4-2-10(15)3-5-11;/h5-8,12H,9-11H2,1-4H3,(H,21,23)(H,22,24);2-5,9H,6-8,16H2,1H3,(H,17,18);1H. The maximum Gasteiger partial charge on any atom is 0.408 e. The topological polar surface area (TPSA) is 123 Å². The molecular weight excluding hydrogens is 623 g/mol. The number of carbonyl (C=O) groups excluding carboxylic acids is 3. The maximum atomic E-state index is 12.5. The predicted molar refractivity (Wildman–Crippen MR) is 177 cm³/mol. The molecule has 2 aromatic carbocycles. The van der Waals surface area contributed by atoms with Crippen molar-refractivity contribution in [1.82, 2.24) is 5.32 Å². The molecule has 2 atom stereocenters. The minimum absolute atomic E-state index is 0. The van der Waals surface area contributed by atoms with Gasteiger partial charge < -0.3 is 26.4 Å². The molecule has 0 radical (unpaired) electrons. The molecule has 5 N–H and O–H groups in total. The average Bonchev–Trinajstić information content (AvgIpc) is 2.84. The molecule has 6 saturated carbocycles. The zero-order chi connectivity index (χ0) is 31.4. The minimum atomic E-state index is -0.503. The van der Waals surface area contributed by atoms with Crippen LogP contribution in [-0.4, -0.2) is 34.6 Å². The van der Waals surface area contributed by atoms with E-state index in [2.05, 4.69) is 16.0 Å². The molecule has 2 aromatic rings. The quantitative estimate of drug-likeness (QED) is 0.243. The van der Waals surface area contributed by atoms with Crippen LogP contribution in [0.3, 0.4) is 0 Å². The van der Waals surface area contributed by atoms with E-state index in [0.29, 0.717) is 10.0 Å². The minimum Gasteiger partial charge on any atom is -0.444 e. The molecule has 6 aliphatic carbocycles. The van der Waals surface area contributed by atoms with E-state index in [1.165, 1.54) is 0 Å². The molecule has 4 bridgehead atoms. The van der Waals surface area contributed by atoms with Gasteiger partial charge in [-0.15, -0.1) is 12.4 Å². The predicted octanol–water partition coefficient (Wildman–Crippen LogP) is 7.58. The van der Waals surface area contributed by atoms with Crippen LogP contribution in [0.5, 0.6) is 0 Å². The van der Waals surface area contributed by atoms with Crippen molar-refractivity contribution < 1.29 is 19.1 Å². The lowest BCUT2D eigenvalue weighted by Gasteiger charge is -2.72. The third kappa shape index (κ3) is 6.99. The Hall–Kier alpha value is -2.52. The van der Waals surface area contributed by atoms with E-state index in [-0.39, 0.29) is 64.1 Å². The second kappa shape index (κ2) is 12.0. The maximum absolute atomic E-state index is 12.5. The zero-order valence-electron chi connectivity index (χ0n) is 25.9. The highest BCUT2D eigenvalue weighted by Crippen LogP contribution is 2.71. The Morgan fingerprint density at radius 1 is 0.750 bits per heavy atom. The second-order valence-corrected chi connectivity index (χ2v) is 15.4. The van der Waals surface area contributed by atoms with Crippen LogP contribution < -0.4 is 21.7 Å². The van der Waals surface area contributed by atoms with Crippen LogP contribution in [0.2, 0.25) is 10.0 Å². The molecule has 2 unspecified atom stereocenters. The van der Waals surface area contributed by atoms with Gasteiger partial charge in [-0.25, -0.2) is 4.79 Å². The number of alkyl carbamates (subject to hydrolysis) is 1.